The molecule has 14 heavy (non-hydrogen) atoms. The van der Waals surface area contributed by atoms with Crippen molar-refractivity contribution < 1.29 is 4.79 Å². The van der Waals surface area contributed by atoms with Gasteiger partial charge in [-0.3, -0.25) is 4.79 Å². The zero-order valence-electron chi connectivity index (χ0n) is 9.22. The lowest BCUT2D eigenvalue weighted by atomic mass is 10.2. The van der Waals surface area contributed by atoms with Crippen molar-refractivity contribution in [2.75, 3.05) is 26.2 Å². The van der Waals surface area contributed by atoms with Gasteiger partial charge in [0.2, 0.25) is 5.91 Å². The highest BCUT2D eigenvalue weighted by atomic mass is 16.2. The Labute approximate surface area is 86.9 Å². The van der Waals surface area contributed by atoms with Crippen LogP contribution in [0.25, 0.3) is 0 Å². The molecule has 0 unspecified atom stereocenters. The molecule has 0 aromatic carbocycles. The van der Waals surface area contributed by atoms with E-state index in [0.29, 0.717) is 5.91 Å². The summed E-state index contributed by atoms with van der Waals surface area (Å²) in [4.78, 5) is 13.6. The first-order chi connectivity index (χ1) is 6.84. The summed E-state index contributed by atoms with van der Waals surface area (Å²) in [6.07, 6.45) is 5.39. The monoisotopic (exact) mass is 198 g/mol. The normalized spacial score (nSPS) is 18.4. The van der Waals surface area contributed by atoms with Gasteiger partial charge >= 0.3 is 0 Å². The van der Waals surface area contributed by atoms with E-state index in [-0.39, 0.29) is 0 Å². The molecule has 0 aromatic rings. The molecule has 0 radical (unpaired) electrons. The molecule has 0 atom stereocenters. The zero-order chi connectivity index (χ0) is 10.2. The maximum Gasteiger partial charge on any atom is 0.222 e. The van der Waals surface area contributed by atoms with Gasteiger partial charge in [-0.05, 0) is 25.8 Å². The van der Waals surface area contributed by atoms with E-state index in [1.807, 2.05) is 4.90 Å². The second-order valence-electron chi connectivity index (χ2n) is 3.94. The molecule has 1 rings (SSSR count). The van der Waals surface area contributed by atoms with E-state index in [2.05, 4.69) is 12.2 Å². The maximum atomic E-state index is 11.6. The summed E-state index contributed by atoms with van der Waals surface area (Å²) in [5.41, 5.74) is 0. The molecule has 1 aliphatic rings. The van der Waals surface area contributed by atoms with E-state index < -0.39 is 0 Å². The summed E-state index contributed by atoms with van der Waals surface area (Å²) in [5.74, 6) is 0.348. The number of amides is 1. The van der Waals surface area contributed by atoms with Crippen LogP contribution >= 0.6 is 0 Å². The van der Waals surface area contributed by atoms with Crippen molar-refractivity contribution >= 4 is 5.91 Å². The molecule has 1 aliphatic heterocycles. The van der Waals surface area contributed by atoms with Crippen LogP contribution in [-0.2, 0) is 4.79 Å². The third-order valence-corrected chi connectivity index (χ3v) is 2.66. The van der Waals surface area contributed by atoms with Gasteiger partial charge in [-0.1, -0.05) is 13.3 Å². The van der Waals surface area contributed by atoms with Crippen molar-refractivity contribution in [1.29, 1.82) is 0 Å². The van der Waals surface area contributed by atoms with E-state index in [0.717, 1.165) is 45.4 Å². The molecular formula is C11H22N2O. The summed E-state index contributed by atoms with van der Waals surface area (Å²) in [6.45, 7) is 6.01. The van der Waals surface area contributed by atoms with Crippen molar-refractivity contribution in [3.8, 4) is 0 Å². The molecule has 0 bridgehead atoms. The van der Waals surface area contributed by atoms with Gasteiger partial charge in [0, 0.05) is 26.1 Å². The topological polar surface area (TPSA) is 32.3 Å². The predicted molar refractivity (Wildman–Crippen MR) is 58.2 cm³/mol. The summed E-state index contributed by atoms with van der Waals surface area (Å²) in [6, 6.07) is 0. The van der Waals surface area contributed by atoms with E-state index in [1.54, 1.807) is 0 Å². The number of nitrogens with one attached hydrogen (secondary N) is 1. The number of nitrogens with zero attached hydrogens (tertiary/aromatic N) is 1. The molecule has 3 heteroatoms. The van der Waals surface area contributed by atoms with Crippen molar-refractivity contribution in [1.82, 2.24) is 10.2 Å². The van der Waals surface area contributed by atoms with Gasteiger partial charge in [0.05, 0.1) is 0 Å². The largest absolute Gasteiger partial charge is 0.341 e. The molecule has 0 saturated carbocycles. The number of rotatable bonds is 5. The van der Waals surface area contributed by atoms with Crippen LogP contribution < -0.4 is 5.32 Å². The molecule has 0 spiro atoms. The molecular weight excluding hydrogens is 176 g/mol. The Morgan fingerprint density at radius 3 is 2.93 bits per heavy atom. The minimum absolute atomic E-state index is 0.348. The Balaban J connectivity index is 2.16. The lowest BCUT2D eigenvalue weighted by Gasteiger charge is -2.20. The summed E-state index contributed by atoms with van der Waals surface area (Å²) in [7, 11) is 0. The van der Waals surface area contributed by atoms with Crippen LogP contribution in [0, 0.1) is 0 Å². The molecule has 1 N–H and O–H groups in total. The predicted octanol–water partition coefficient (Wildman–Crippen LogP) is 1.39. The first kappa shape index (κ1) is 11.5. The Bertz CT molecular complexity index is 171. The van der Waals surface area contributed by atoms with Crippen LogP contribution in [0.5, 0.6) is 0 Å². The van der Waals surface area contributed by atoms with Gasteiger partial charge < -0.3 is 10.2 Å². The molecule has 1 heterocycles. The van der Waals surface area contributed by atoms with Gasteiger partial charge in [-0.15, -0.1) is 0 Å². The SMILES string of the molecule is CCCNCCN1CCCCCC1=O. The minimum atomic E-state index is 0.348. The van der Waals surface area contributed by atoms with Crippen LogP contribution in [-0.4, -0.2) is 37.0 Å². The van der Waals surface area contributed by atoms with E-state index in [9.17, 15) is 4.79 Å². The maximum absolute atomic E-state index is 11.6. The number of hydrogen-bond donors (Lipinski definition) is 1. The van der Waals surface area contributed by atoms with Crippen molar-refractivity contribution in [3.63, 3.8) is 0 Å². The standard InChI is InChI=1S/C11H22N2O/c1-2-7-12-8-10-13-9-5-3-4-6-11(13)14/h12H,2-10H2,1H3. The molecule has 0 aliphatic carbocycles. The number of hydrogen-bond acceptors (Lipinski definition) is 2. The fraction of sp³-hybridized carbons (Fsp3) is 0.909. The highest BCUT2D eigenvalue weighted by Gasteiger charge is 2.15. The average molecular weight is 198 g/mol. The van der Waals surface area contributed by atoms with E-state index >= 15 is 0 Å². The molecule has 1 saturated heterocycles. The van der Waals surface area contributed by atoms with Gasteiger partial charge in [-0.25, -0.2) is 0 Å². The van der Waals surface area contributed by atoms with Crippen LogP contribution in [0.1, 0.15) is 39.0 Å². The lowest BCUT2D eigenvalue weighted by molar-refractivity contribution is -0.130. The molecule has 1 amide bonds. The lowest BCUT2D eigenvalue weighted by Crippen LogP contribution is -2.36. The number of carbonyl (C=O) groups excluding carboxylic acids is 1. The second-order valence-corrected chi connectivity index (χ2v) is 3.94. The first-order valence-corrected chi connectivity index (χ1v) is 5.83. The second kappa shape index (κ2) is 6.82. The number of likely N-dealkylation sites (tertiary alicyclic amines) is 1. The smallest absolute Gasteiger partial charge is 0.222 e. The Morgan fingerprint density at radius 2 is 2.14 bits per heavy atom. The van der Waals surface area contributed by atoms with E-state index in [4.69, 9.17) is 0 Å². The van der Waals surface area contributed by atoms with E-state index in [1.165, 1.54) is 12.8 Å². The van der Waals surface area contributed by atoms with Gasteiger partial charge in [0.15, 0.2) is 0 Å². The number of carbonyl (C=O) groups is 1. The van der Waals surface area contributed by atoms with Crippen LogP contribution in [0.15, 0.2) is 0 Å². The van der Waals surface area contributed by atoms with Crippen molar-refractivity contribution in [2.45, 2.75) is 39.0 Å². The van der Waals surface area contributed by atoms with Crippen LogP contribution in [0.2, 0.25) is 0 Å². The molecule has 1 fully saturated rings. The zero-order valence-corrected chi connectivity index (χ0v) is 9.22. The van der Waals surface area contributed by atoms with Crippen LogP contribution in [0.4, 0.5) is 0 Å². The highest BCUT2D eigenvalue weighted by molar-refractivity contribution is 5.76. The molecule has 0 aromatic heterocycles. The Morgan fingerprint density at radius 1 is 1.29 bits per heavy atom. The van der Waals surface area contributed by atoms with Gasteiger partial charge in [-0.2, -0.15) is 0 Å². The fourth-order valence-electron chi connectivity index (χ4n) is 1.79. The van der Waals surface area contributed by atoms with Gasteiger partial charge in [0.1, 0.15) is 0 Å². The summed E-state index contributed by atoms with van der Waals surface area (Å²) >= 11 is 0. The average Bonchev–Trinajstić information content (AvgIpc) is 2.39. The fourth-order valence-corrected chi connectivity index (χ4v) is 1.79. The quantitative estimate of drug-likeness (QED) is 0.677. The molecule has 3 nitrogen and oxygen atoms in total. The van der Waals surface area contributed by atoms with Crippen molar-refractivity contribution in [2.24, 2.45) is 0 Å². The van der Waals surface area contributed by atoms with Gasteiger partial charge in [0.25, 0.3) is 0 Å². The van der Waals surface area contributed by atoms with Crippen LogP contribution in [0.3, 0.4) is 0 Å². The Hall–Kier alpha value is -0.570. The third-order valence-electron chi connectivity index (χ3n) is 2.66. The third kappa shape index (κ3) is 4.09. The Kier molecular flexibility index (Phi) is 5.60. The molecule has 82 valence electrons. The van der Waals surface area contributed by atoms with Crippen molar-refractivity contribution in [3.05, 3.63) is 0 Å². The first-order valence-electron chi connectivity index (χ1n) is 5.83. The highest BCUT2D eigenvalue weighted by Crippen LogP contribution is 2.10. The minimum Gasteiger partial charge on any atom is -0.341 e. The summed E-state index contributed by atoms with van der Waals surface area (Å²) < 4.78 is 0. The summed E-state index contributed by atoms with van der Waals surface area (Å²) in [5, 5.41) is 3.33.